The summed E-state index contributed by atoms with van der Waals surface area (Å²) in [7, 11) is 1.71. The van der Waals surface area contributed by atoms with Crippen LogP contribution in [0.5, 0.6) is 0 Å². The summed E-state index contributed by atoms with van der Waals surface area (Å²) in [4.78, 5) is 0. The van der Waals surface area contributed by atoms with E-state index in [0.29, 0.717) is 0 Å². The summed E-state index contributed by atoms with van der Waals surface area (Å²) in [6.07, 6.45) is 5.81. The molecule has 1 aromatic heterocycles. The van der Waals surface area contributed by atoms with Crippen molar-refractivity contribution in [3.8, 4) is 0 Å². The van der Waals surface area contributed by atoms with Crippen LogP contribution in [0, 0.1) is 0 Å². The van der Waals surface area contributed by atoms with E-state index in [4.69, 9.17) is 4.74 Å². The van der Waals surface area contributed by atoms with Crippen molar-refractivity contribution in [3.05, 3.63) is 18.0 Å². The number of hydrogen-bond acceptors (Lipinski definition) is 3. The van der Waals surface area contributed by atoms with Gasteiger partial charge in [0.25, 0.3) is 0 Å². The highest BCUT2D eigenvalue weighted by Crippen LogP contribution is 2.00. The van der Waals surface area contributed by atoms with Crippen molar-refractivity contribution in [2.24, 2.45) is 0 Å². The Morgan fingerprint density at radius 1 is 1.44 bits per heavy atom. The van der Waals surface area contributed by atoms with E-state index in [1.165, 1.54) is 19.3 Å². The standard InChI is InChI=1S/C12H23N3O/c1-3-4-5-8-15-9-6-12(14-15)11-13-7-10-16-2/h6,9,13H,3-5,7-8,10-11H2,1-2H3. The second-order valence-corrected chi connectivity index (χ2v) is 3.95. The molecule has 92 valence electrons. The topological polar surface area (TPSA) is 39.1 Å². The van der Waals surface area contributed by atoms with Gasteiger partial charge in [0, 0.05) is 32.9 Å². The average Bonchev–Trinajstić information content (AvgIpc) is 2.73. The van der Waals surface area contributed by atoms with E-state index >= 15 is 0 Å². The minimum atomic E-state index is 0.747. The maximum Gasteiger partial charge on any atom is 0.0762 e. The number of rotatable bonds is 9. The first-order chi connectivity index (χ1) is 7.86. The third kappa shape index (κ3) is 5.28. The van der Waals surface area contributed by atoms with Crippen LogP contribution >= 0.6 is 0 Å². The predicted molar refractivity (Wildman–Crippen MR) is 65.3 cm³/mol. The second-order valence-electron chi connectivity index (χ2n) is 3.95. The molecule has 1 rings (SSSR count). The Bertz CT molecular complexity index is 273. The zero-order valence-electron chi connectivity index (χ0n) is 10.4. The lowest BCUT2D eigenvalue weighted by Crippen LogP contribution is -2.19. The molecule has 0 saturated heterocycles. The zero-order chi connectivity index (χ0) is 11.6. The Balaban J connectivity index is 2.17. The third-order valence-corrected chi connectivity index (χ3v) is 2.48. The molecule has 1 N–H and O–H groups in total. The number of unbranched alkanes of at least 4 members (excludes halogenated alkanes) is 2. The smallest absolute Gasteiger partial charge is 0.0762 e. The molecule has 0 atom stereocenters. The summed E-state index contributed by atoms with van der Waals surface area (Å²) < 4.78 is 6.99. The van der Waals surface area contributed by atoms with Gasteiger partial charge in [0.05, 0.1) is 12.3 Å². The highest BCUT2D eigenvalue weighted by atomic mass is 16.5. The number of aryl methyl sites for hydroxylation is 1. The molecular formula is C12H23N3O. The lowest BCUT2D eigenvalue weighted by Gasteiger charge is -2.02. The average molecular weight is 225 g/mol. The summed E-state index contributed by atoms with van der Waals surface area (Å²) in [5.74, 6) is 0. The molecule has 4 heteroatoms. The number of nitrogens with one attached hydrogen (secondary N) is 1. The summed E-state index contributed by atoms with van der Waals surface area (Å²) in [5, 5.41) is 7.78. The van der Waals surface area contributed by atoms with E-state index in [1.54, 1.807) is 7.11 Å². The first-order valence-corrected chi connectivity index (χ1v) is 6.08. The molecule has 0 aliphatic rings. The number of aromatic nitrogens is 2. The molecule has 4 nitrogen and oxygen atoms in total. The molecule has 0 spiro atoms. The predicted octanol–water partition coefficient (Wildman–Crippen LogP) is 1.81. The van der Waals surface area contributed by atoms with Crippen molar-refractivity contribution in [3.63, 3.8) is 0 Å². The molecule has 0 aliphatic carbocycles. The minimum absolute atomic E-state index is 0.747. The molecular weight excluding hydrogens is 202 g/mol. The molecule has 16 heavy (non-hydrogen) atoms. The van der Waals surface area contributed by atoms with Gasteiger partial charge in [0.15, 0.2) is 0 Å². The third-order valence-electron chi connectivity index (χ3n) is 2.48. The van der Waals surface area contributed by atoms with Gasteiger partial charge in [-0.05, 0) is 12.5 Å². The maximum absolute atomic E-state index is 4.96. The van der Waals surface area contributed by atoms with Crippen molar-refractivity contribution < 1.29 is 4.74 Å². The Labute approximate surface area is 98.0 Å². The first kappa shape index (κ1) is 13.2. The Kier molecular flexibility index (Phi) is 6.85. The maximum atomic E-state index is 4.96. The van der Waals surface area contributed by atoms with Gasteiger partial charge in [0.2, 0.25) is 0 Å². The fraction of sp³-hybridized carbons (Fsp3) is 0.750. The quantitative estimate of drug-likeness (QED) is 0.651. The molecule has 0 aliphatic heterocycles. The first-order valence-electron chi connectivity index (χ1n) is 6.08. The Hall–Kier alpha value is -0.870. The van der Waals surface area contributed by atoms with Crippen LogP contribution in [-0.2, 0) is 17.8 Å². The van der Waals surface area contributed by atoms with Crippen LogP contribution in [0.15, 0.2) is 12.3 Å². The van der Waals surface area contributed by atoms with Crippen molar-refractivity contribution in [1.82, 2.24) is 15.1 Å². The highest BCUT2D eigenvalue weighted by Gasteiger charge is 1.98. The van der Waals surface area contributed by atoms with Gasteiger partial charge in [-0.2, -0.15) is 5.10 Å². The molecule has 0 saturated carbocycles. The van der Waals surface area contributed by atoms with Gasteiger partial charge in [-0.3, -0.25) is 4.68 Å². The number of methoxy groups -OCH3 is 1. The van der Waals surface area contributed by atoms with Crippen LogP contribution in [0.4, 0.5) is 0 Å². The Morgan fingerprint density at radius 3 is 3.06 bits per heavy atom. The summed E-state index contributed by atoms with van der Waals surface area (Å²) in [5.41, 5.74) is 1.10. The van der Waals surface area contributed by atoms with Crippen molar-refractivity contribution >= 4 is 0 Å². The van der Waals surface area contributed by atoms with Gasteiger partial charge in [0.1, 0.15) is 0 Å². The molecule has 0 bridgehead atoms. The zero-order valence-corrected chi connectivity index (χ0v) is 10.4. The second kappa shape index (κ2) is 8.30. The van der Waals surface area contributed by atoms with E-state index in [0.717, 1.165) is 31.9 Å². The van der Waals surface area contributed by atoms with Crippen LogP contribution in [-0.4, -0.2) is 30.0 Å². The Morgan fingerprint density at radius 2 is 2.31 bits per heavy atom. The van der Waals surface area contributed by atoms with Crippen LogP contribution in [0.1, 0.15) is 31.9 Å². The minimum Gasteiger partial charge on any atom is -0.383 e. The molecule has 1 heterocycles. The fourth-order valence-corrected chi connectivity index (χ4v) is 1.54. The summed E-state index contributed by atoms with van der Waals surface area (Å²) >= 11 is 0. The molecule has 0 radical (unpaired) electrons. The van der Waals surface area contributed by atoms with E-state index < -0.39 is 0 Å². The van der Waals surface area contributed by atoms with Crippen LogP contribution in [0.3, 0.4) is 0 Å². The van der Waals surface area contributed by atoms with Crippen molar-refractivity contribution in [1.29, 1.82) is 0 Å². The lowest BCUT2D eigenvalue weighted by atomic mass is 10.2. The van der Waals surface area contributed by atoms with Crippen molar-refractivity contribution in [2.45, 2.75) is 39.3 Å². The number of hydrogen-bond donors (Lipinski definition) is 1. The van der Waals surface area contributed by atoms with Gasteiger partial charge in [-0.25, -0.2) is 0 Å². The summed E-state index contributed by atoms with van der Waals surface area (Å²) in [6, 6.07) is 2.08. The normalized spacial score (nSPS) is 10.9. The van der Waals surface area contributed by atoms with E-state index in [9.17, 15) is 0 Å². The van der Waals surface area contributed by atoms with E-state index in [2.05, 4.69) is 29.6 Å². The van der Waals surface area contributed by atoms with Crippen LogP contribution < -0.4 is 5.32 Å². The van der Waals surface area contributed by atoms with Crippen LogP contribution in [0.2, 0.25) is 0 Å². The highest BCUT2D eigenvalue weighted by molar-refractivity contribution is 4.98. The van der Waals surface area contributed by atoms with Crippen LogP contribution in [0.25, 0.3) is 0 Å². The monoisotopic (exact) mass is 225 g/mol. The lowest BCUT2D eigenvalue weighted by molar-refractivity contribution is 0.199. The molecule has 0 unspecified atom stereocenters. The molecule has 0 fully saturated rings. The number of ether oxygens (including phenoxy) is 1. The van der Waals surface area contributed by atoms with Gasteiger partial charge < -0.3 is 10.1 Å². The van der Waals surface area contributed by atoms with Gasteiger partial charge in [-0.1, -0.05) is 19.8 Å². The largest absolute Gasteiger partial charge is 0.383 e. The fourth-order valence-electron chi connectivity index (χ4n) is 1.54. The van der Waals surface area contributed by atoms with E-state index in [-0.39, 0.29) is 0 Å². The summed E-state index contributed by atoms with van der Waals surface area (Å²) in [6.45, 7) is 5.70. The van der Waals surface area contributed by atoms with Crippen molar-refractivity contribution in [2.75, 3.05) is 20.3 Å². The SMILES string of the molecule is CCCCCn1ccc(CNCCOC)n1. The van der Waals surface area contributed by atoms with Gasteiger partial charge in [-0.15, -0.1) is 0 Å². The van der Waals surface area contributed by atoms with E-state index in [1.807, 2.05) is 4.68 Å². The van der Waals surface area contributed by atoms with Gasteiger partial charge >= 0.3 is 0 Å². The molecule has 0 amide bonds. The molecule has 0 aromatic carbocycles. The number of nitrogens with zero attached hydrogens (tertiary/aromatic N) is 2. The molecule has 1 aromatic rings.